The van der Waals surface area contributed by atoms with Crippen molar-refractivity contribution in [2.75, 3.05) is 11.4 Å². The molecule has 0 bridgehead atoms. The van der Waals surface area contributed by atoms with Crippen LogP contribution in [0.15, 0.2) is 49.1 Å². The molecule has 34 heavy (non-hydrogen) atoms. The first kappa shape index (κ1) is 22.2. The maximum absolute atomic E-state index is 14.0. The summed E-state index contributed by atoms with van der Waals surface area (Å²) >= 11 is 6.07. The summed E-state index contributed by atoms with van der Waals surface area (Å²) in [4.78, 5) is 32.3. The lowest BCUT2D eigenvalue weighted by Crippen LogP contribution is -2.41. The SMILES string of the molecule is CC(C)(C)NC(=O)c1cncc(-c2ccc3ncnc(N4CCc5cc(F)c(Cl)cc54)c3c2)n1. The lowest BCUT2D eigenvalue weighted by Gasteiger charge is -2.20. The van der Waals surface area contributed by atoms with Gasteiger partial charge in [0, 0.05) is 28.7 Å². The quantitative estimate of drug-likeness (QED) is 0.442. The van der Waals surface area contributed by atoms with Crippen molar-refractivity contribution in [1.82, 2.24) is 25.3 Å². The molecular formula is C25H22ClFN6O. The largest absolute Gasteiger partial charge is 0.346 e. The summed E-state index contributed by atoms with van der Waals surface area (Å²) in [5, 5.41) is 3.78. The highest BCUT2D eigenvalue weighted by molar-refractivity contribution is 6.31. The predicted molar refractivity (Wildman–Crippen MR) is 130 cm³/mol. The van der Waals surface area contributed by atoms with Gasteiger partial charge in [-0.2, -0.15) is 0 Å². The molecule has 3 heterocycles. The molecule has 0 fully saturated rings. The van der Waals surface area contributed by atoms with Gasteiger partial charge in [-0.15, -0.1) is 0 Å². The summed E-state index contributed by atoms with van der Waals surface area (Å²) in [6, 6.07) is 8.83. The Morgan fingerprint density at radius 1 is 1.15 bits per heavy atom. The Labute approximate surface area is 201 Å². The van der Waals surface area contributed by atoms with Gasteiger partial charge in [0.05, 0.1) is 28.6 Å². The Kier molecular flexibility index (Phi) is 5.40. The second-order valence-corrected chi connectivity index (χ2v) is 9.63. The van der Waals surface area contributed by atoms with Crippen LogP contribution in [0.4, 0.5) is 15.9 Å². The van der Waals surface area contributed by atoms with Gasteiger partial charge in [0.25, 0.3) is 5.91 Å². The predicted octanol–water partition coefficient (Wildman–Crippen LogP) is 5.10. The van der Waals surface area contributed by atoms with E-state index in [-0.39, 0.29) is 22.2 Å². The van der Waals surface area contributed by atoms with Gasteiger partial charge in [-0.25, -0.2) is 19.3 Å². The summed E-state index contributed by atoms with van der Waals surface area (Å²) < 4.78 is 14.0. The van der Waals surface area contributed by atoms with Gasteiger partial charge in [-0.1, -0.05) is 17.7 Å². The lowest BCUT2D eigenvalue weighted by molar-refractivity contribution is 0.0914. The van der Waals surface area contributed by atoms with Crippen LogP contribution in [0.2, 0.25) is 5.02 Å². The van der Waals surface area contributed by atoms with Crippen molar-refractivity contribution >= 4 is 39.9 Å². The van der Waals surface area contributed by atoms with E-state index < -0.39 is 5.82 Å². The van der Waals surface area contributed by atoms with Crippen LogP contribution >= 0.6 is 11.6 Å². The molecule has 4 aromatic rings. The van der Waals surface area contributed by atoms with Crippen LogP contribution in [0, 0.1) is 5.82 Å². The molecule has 9 heteroatoms. The molecular weight excluding hydrogens is 455 g/mol. The van der Waals surface area contributed by atoms with Crippen molar-refractivity contribution in [2.45, 2.75) is 32.7 Å². The highest BCUT2D eigenvalue weighted by Crippen LogP contribution is 2.39. The topological polar surface area (TPSA) is 83.9 Å². The normalized spacial score (nSPS) is 13.3. The first-order chi connectivity index (χ1) is 16.2. The zero-order valence-corrected chi connectivity index (χ0v) is 19.7. The number of anilines is 2. The highest BCUT2D eigenvalue weighted by Gasteiger charge is 2.25. The van der Waals surface area contributed by atoms with Gasteiger partial charge in [0.2, 0.25) is 0 Å². The minimum absolute atomic E-state index is 0.0744. The van der Waals surface area contributed by atoms with Gasteiger partial charge in [0.1, 0.15) is 23.7 Å². The van der Waals surface area contributed by atoms with Gasteiger partial charge >= 0.3 is 0 Å². The molecule has 0 radical (unpaired) electrons. The smallest absolute Gasteiger partial charge is 0.271 e. The van der Waals surface area contributed by atoms with Crippen LogP contribution < -0.4 is 10.2 Å². The second kappa shape index (κ2) is 8.29. The van der Waals surface area contributed by atoms with E-state index >= 15 is 0 Å². The first-order valence-electron chi connectivity index (χ1n) is 10.8. The summed E-state index contributed by atoms with van der Waals surface area (Å²) in [6.07, 6.45) is 5.26. The Morgan fingerprint density at radius 2 is 1.97 bits per heavy atom. The fraction of sp³-hybridized carbons (Fsp3) is 0.240. The first-order valence-corrected chi connectivity index (χ1v) is 11.2. The van der Waals surface area contributed by atoms with Crippen molar-refractivity contribution < 1.29 is 9.18 Å². The second-order valence-electron chi connectivity index (χ2n) is 9.22. The number of nitrogens with one attached hydrogen (secondary N) is 1. The van der Waals surface area contributed by atoms with Crippen molar-refractivity contribution in [3.05, 3.63) is 71.2 Å². The molecule has 1 amide bonds. The van der Waals surface area contributed by atoms with Crippen molar-refractivity contribution in [1.29, 1.82) is 0 Å². The molecule has 1 aliphatic rings. The Morgan fingerprint density at radius 3 is 2.76 bits per heavy atom. The average molecular weight is 477 g/mol. The molecule has 1 N–H and O–H groups in total. The number of nitrogens with zero attached hydrogens (tertiary/aromatic N) is 5. The van der Waals surface area contributed by atoms with Gasteiger partial charge in [-0.3, -0.25) is 9.78 Å². The molecule has 0 atom stereocenters. The van der Waals surface area contributed by atoms with E-state index in [9.17, 15) is 9.18 Å². The lowest BCUT2D eigenvalue weighted by atomic mass is 10.1. The van der Waals surface area contributed by atoms with Crippen LogP contribution in [0.25, 0.3) is 22.2 Å². The molecule has 1 aliphatic heterocycles. The highest BCUT2D eigenvalue weighted by atomic mass is 35.5. The van der Waals surface area contributed by atoms with Crippen LogP contribution in [-0.2, 0) is 6.42 Å². The zero-order valence-electron chi connectivity index (χ0n) is 18.9. The number of amides is 1. The number of halogens is 2. The minimum Gasteiger partial charge on any atom is -0.346 e. The Balaban J connectivity index is 1.56. The number of benzene rings is 2. The number of carbonyl (C=O) groups is 1. The molecule has 0 saturated heterocycles. The third kappa shape index (κ3) is 4.17. The van der Waals surface area contributed by atoms with E-state index in [0.29, 0.717) is 24.5 Å². The van der Waals surface area contributed by atoms with Crippen molar-refractivity contribution in [2.24, 2.45) is 0 Å². The number of aromatic nitrogens is 4. The Hall–Kier alpha value is -3.65. The van der Waals surface area contributed by atoms with Crippen LogP contribution in [0.5, 0.6) is 0 Å². The molecule has 0 unspecified atom stereocenters. The number of carbonyl (C=O) groups excluding carboxylic acids is 1. The minimum atomic E-state index is -0.425. The fourth-order valence-corrected chi connectivity index (χ4v) is 4.20. The maximum Gasteiger partial charge on any atom is 0.271 e. The van der Waals surface area contributed by atoms with Crippen LogP contribution in [0.3, 0.4) is 0 Å². The molecule has 0 aliphatic carbocycles. The third-order valence-corrected chi connectivity index (χ3v) is 5.83. The Bertz CT molecular complexity index is 1440. The molecule has 5 rings (SSSR count). The van der Waals surface area contributed by atoms with Crippen LogP contribution in [0.1, 0.15) is 36.8 Å². The average Bonchev–Trinajstić information content (AvgIpc) is 3.20. The zero-order chi connectivity index (χ0) is 24.0. The van der Waals surface area contributed by atoms with E-state index in [0.717, 1.165) is 27.7 Å². The number of rotatable bonds is 3. The molecule has 172 valence electrons. The van der Waals surface area contributed by atoms with E-state index in [1.165, 1.54) is 18.6 Å². The summed E-state index contributed by atoms with van der Waals surface area (Å²) in [6.45, 7) is 6.37. The number of hydrogen-bond donors (Lipinski definition) is 1. The number of fused-ring (bicyclic) bond motifs is 2. The summed E-state index contributed by atoms with van der Waals surface area (Å²) in [5.74, 6) is -0.0154. The summed E-state index contributed by atoms with van der Waals surface area (Å²) in [5.41, 5.74) is 3.66. The van der Waals surface area contributed by atoms with E-state index in [1.807, 2.05) is 43.9 Å². The van der Waals surface area contributed by atoms with E-state index in [1.54, 1.807) is 12.3 Å². The molecule has 2 aromatic heterocycles. The van der Waals surface area contributed by atoms with Gasteiger partial charge in [0.15, 0.2) is 0 Å². The van der Waals surface area contributed by atoms with Crippen molar-refractivity contribution in [3.8, 4) is 11.3 Å². The third-order valence-electron chi connectivity index (χ3n) is 5.54. The molecule has 0 saturated carbocycles. The van der Waals surface area contributed by atoms with E-state index in [4.69, 9.17) is 11.6 Å². The van der Waals surface area contributed by atoms with Gasteiger partial charge < -0.3 is 10.2 Å². The molecule has 2 aromatic carbocycles. The van der Waals surface area contributed by atoms with Crippen LogP contribution in [-0.4, -0.2) is 37.9 Å². The monoisotopic (exact) mass is 476 g/mol. The summed E-state index contributed by atoms with van der Waals surface area (Å²) in [7, 11) is 0. The number of hydrogen-bond acceptors (Lipinski definition) is 6. The van der Waals surface area contributed by atoms with Crippen molar-refractivity contribution in [3.63, 3.8) is 0 Å². The molecule has 0 spiro atoms. The standard InChI is InChI=1S/C25H22ClFN6O/c1-25(2,3)32-24(34)21-12-28-11-20(31-21)14-4-5-19-16(8-14)23(30-13-29-19)33-7-6-15-9-18(27)17(26)10-22(15)33/h4-5,8-13H,6-7H2,1-3H3,(H,32,34). The van der Waals surface area contributed by atoms with Gasteiger partial charge in [-0.05, 0) is 57.0 Å². The maximum atomic E-state index is 14.0. The fourth-order valence-electron chi connectivity index (χ4n) is 4.04. The molecule has 7 nitrogen and oxygen atoms in total. The van der Waals surface area contributed by atoms with E-state index in [2.05, 4.69) is 25.3 Å².